The molecule has 1 saturated carbocycles. The molecule has 2 atom stereocenters. The molecule has 0 radical (unpaired) electrons. The predicted molar refractivity (Wildman–Crippen MR) is 156 cm³/mol. The number of hydrazine groups is 1. The average molecular weight is 586 g/mol. The lowest BCUT2D eigenvalue weighted by molar-refractivity contribution is 0.493. The standard InChI is InChI=1S/C30H26ClF2N9/c1-2-24(17-6-4-3-5-7-17)37-27-18(14-34)15-36-28-22(27)12-20(13-23(28)31)42(35)29(21-10-11-26(32)38-30(21)33)25-16-41(40-39-25)19-8-9-19/h3-7,10-13,15-16,19,24,29H,2,8-9,35H2,1H3,(H,36,37)/t24-,29?/m1/s1. The van der Waals surface area contributed by atoms with E-state index in [0.29, 0.717) is 33.5 Å². The van der Waals surface area contributed by atoms with Gasteiger partial charge in [0.15, 0.2) is 0 Å². The number of halogens is 3. The van der Waals surface area contributed by atoms with Crippen LogP contribution in [-0.2, 0) is 0 Å². The summed E-state index contributed by atoms with van der Waals surface area (Å²) < 4.78 is 30.6. The summed E-state index contributed by atoms with van der Waals surface area (Å²) in [5.41, 5.74) is 3.13. The summed E-state index contributed by atoms with van der Waals surface area (Å²) in [5.74, 6) is 4.74. The highest BCUT2D eigenvalue weighted by atomic mass is 35.5. The lowest BCUT2D eigenvalue weighted by Crippen LogP contribution is -2.37. The van der Waals surface area contributed by atoms with E-state index in [1.165, 1.54) is 17.3 Å². The van der Waals surface area contributed by atoms with Gasteiger partial charge in [-0.1, -0.05) is 54.1 Å². The van der Waals surface area contributed by atoms with Gasteiger partial charge < -0.3 is 5.32 Å². The second kappa shape index (κ2) is 11.3. The molecule has 0 spiro atoms. The molecule has 2 aromatic carbocycles. The predicted octanol–water partition coefficient (Wildman–Crippen LogP) is 6.39. The summed E-state index contributed by atoms with van der Waals surface area (Å²) in [6, 6.07) is 16.9. The van der Waals surface area contributed by atoms with Gasteiger partial charge in [-0.3, -0.25) is 9.99 Å². The van der Waals surface area contributed by atoms with Crippen molar-refractivity contribution in [2.45, 2.75) is 44.3 Å². The molecule has 0 bridgehead atoms. The van der Waals surface area contributed by atoms with E-state index in [9.17, 15) is 9.65 Å². The first-order valence-electron chi connectivity index (χ1n) is 13.5. The maximum Gasteiger partial charge on any atom is 0.221 e. The third kappa shape index (κ3) is 5.22. The average Bonchev–Trinajstić information content (AvgIpc) is 3.74. The molecule has 0 amide bonds. The van der Waals surface area contributed by atoms with Crippen LogP contribution in [0.5, 0.6) is 0 Å². The monoisotopic (exact) mass is 585 g/mol. The Balaban J connectivity index is 1.48. The number of pyridine rings is 2. The van der Waals surface area contributed by atoms with Gasteiger partial charge in [0.25, 0.3) is 0 Å². The number of hydrogen-bond acceptors (Lipinski definition) is 8. The maximum atomic E-state index is 15.1. The topological polar surface area (TPSA) is 122 Å². The third-order valence-electron chi connectivity index (χ3n) is 7.40. The Labute approximate surface area is 245 Å². The largest absolute Gasteiger partial charge is 0.377 e. The van der Waals surface area contributed by atoms with Crippen molar-refractivity contribution in [3.8, 4) is 6.07 Å². The molecule has 42 heavy (non-hydrogen) atoms. The Bertz CT molecular complexity index is 1800. The number of benzene rings is 2. The van der Waals surface area contributed by atoms with Crippen molar-refractivity contribution in [1.82, 2.24) is 25.0 Å². The summed E-state index contributed by atoms with van der Waals surface area (Å²) >= 11 is 6.74. The highest BCUT2D eigenvalue weighted by Crippen LogP contribution is 2.40. The summed E-state index contributed by atoms with van der Waals surface area (Å²) in [6.45, 7) is 2.05. The van der Waals surface area contributed by atoms with Crippen molar-refractivity contribution < 1.29 is 8.78 Å². The van der Waals surface area contributed by atoms with Crippen LogP contribution in [0.3, 0.4) is 0 Å². The minimum atomic E-state index is -1.02. The number of aromatic nitrogens is 5. The SMILES string of the molecule is CC[C@@H](Nc1c(C#N)cnc2c(Cl)cc(N(N)C(c3cn(C4CC4)nn3)c3ccc(F)nc3F)cc12)c1ccccc1. The Morgan fingerprint density at radius 2 is 1.98 bits per heavy atom. The molecular weight excluding hydrogens is 560 g/mol. The summed E-state index contributed by atoms with van der Waals surface area (Å²) in [5, 5.41) is 24.1. The molecule has 12 heteroatoms. The van der Waals surface area contributed by atoms with Crippen molar-refractivity contribution in [1.29, 1.82) is 5.26 Å². The first-order valence-corrected chi connectivity index (χ1v) is 13.9. The molecule has 3 heterocycles. The zero-order chi connectivity index (χ0) is 29.4. The number of hydrogen-bond donors (Lipinski definition) is 2. The highest BCUT2D eigenvalue weighted by molar-refractivity contribution is 6.35. The van der Waals surface area contributed by atoms with Crippen LogP contribution in [0.1, 0.15) is 66.7 Å². The zero-order valence-electron chi connectivity index (χ0n) is 22.5. The van der Waals surface area contributed by atoms with E-state index < -0.39 is 17.9 Å². The third-order valence-corrected chi connectivity index (χ3v) is 7.69. The van der Waals surface area contributed by atoms with Gasteiger partial charge in [0.05, 0.1) is 45.8 Å². The number of nitrogens with zero attached hydrogens (tertiary/aromatic N) is 7. The number of fused-ring (bicyclic) bond motifs is 1. The first kappa shape index (κ1) is 27.5. The lowest BCUT2D eigenvalue weighted by atomic mass is 10.0. The van der Waals surface area contributed by atoms with Gasteiger partial charge in [-0.2, -0.15) is 19.0 Å². The maximum absolute atomic E-state index is 15.1. The normalized spacial score (nSPS) is 14.4. The lowest BCUT2D eigenvalue weighted by Gasteiger charge is -2.29. The fourth-order valence-corrected chi connectivity index (χ4v) is 5.34. The second-order valence-corrected chi connectivity index (χ2v) is 10.6. The Morgan fingerprint density at radius 3 is 2.67 bits per heavy atom. The first-order chi connectivity index (χ1) is 20.4. The van der Waals surface area contributed by atoms with Crippen molar-refractivity contribution >= 4 is 33.9 Å². The Morgan fingerprint density at radius 1 is 1.19 bits per heavy atom. The van der Waals surface area contributed by atoms with Gasteiger partial charge in [-0.25, -0.2) is 10.5 Å². The highest BCUT2D eigenvalue weighted by Gasteiger charge is 2.31. The molecule has 212 valence electrons. The fourth-order valence-electron chi connectivity index (χ4n) is 5.08. The summed E-state index contributed by atoms with van der Waals surface area (Å²) in [6.07, 6.45) is 5.87. The van der Waals surface area contributed by atoms with Gasteiger partial charge >= 0.3 is 0 Å². The van der Waals surface area contributed by atoms with Crippen LogP contribution in [0.25, 0.3) is 10.9 Å². The molecule has 1 aliphatic carbocycles. The van der Waals surface area contributed by atoms with E-state index in [2.05, 4.69) is 31.7 Å². The number of nitrogens with one attached hydrogen (secondary N) is 1. The van der Waals surface area contributed by atoms with Gasteiger partial charge in [0.1, 0.15) is 17.8 Å². The van der Waals surface area contributed by atoms with Crippen molar-refractivity contribution in [3.63, 3.8) is 0 Å². The van der Waals surface area contributed by atoms with Crippen molar-refractivity contribution in [2.75, 3.05) is 10.3 Å². The smallest absolute Gasteiger partial charge is 0.221 e. The molecule has 1 aliphatic rings. The molecule has 0 saturated heterocycles. The minimum Gasteiger partial charge on any atom is -0.377 e. The van der Waals surface area contributed by atoms with Crippen LogP contribution >= 0.6 is 11.6 Å². The molecular formula is C30H26ClF2N9. The van der Waals surface area contributed by atoms with Crippen molar-refractivity contribution in [3.05, 3.63) is 106 Å². The molecule has 3 aromatic heterocycles. The van der Waals surface area contributed by atoms with E-state index in [1.54, 1.807) is 23.0 Å². The molecule has 1 unspecified atom stereocenters. The zero-order valence-corrected chi connectivity index (χ0v) is 23.3. The van der Waals surface area contributed by atoms with E-state index >= 15 is 4.39 Å². The van der Waals surface area contributed by atoms with Crippen LogP contribution < -0.4 is 16.2 Å². The van der Waals surface area contributed by atoms with Crippen LogP contribution in [0.4, 0.5) is 20.2 Å². The molecule has 9 nitrogen and oxygen atoms in total. The van der Waals surface area contributed by atoms with E-state index in [-0.39, 0.29) is 22.7 Å². The van der Waals surface area contributed by atoms with Crippen LogP contribution in [0.2, 0.25) is 5.02 Å². The quantitative estimate of drug-likeness (QED) is 0.116. The number of nitrogens with two attached hydrogens (primary N) is 1. The van der Waals surface area contributed by atoms with E-state index in [4.69, 9.17) is 17.4 Å². The Kier molecular flexibility index (Phi) is 7.41. The fraction of sp³-hybridized carbons (Fsp3) is 0.233. The summed E-state index contributed by atoms with van der Waals surface area (Å²) in [7, 11) is 0. The molecule has 6 rings (SSSR count). The molecule has 5 aromatic rings. The molecule has 3 N–H and O–H groups in total. The van der Waals surface area contributed by atoms with Gasteiger partial charge in [0.2, 0.25) is 11.9 Å². The Hall–Kier alpha value is -4.66. The minimum absolute atomic E-state index is 0.00957. The van der Waals surface area contributed by atoms with Crippen LogP contribution in [0.15, 0.2) is 67.0 Å². The molecule has 1 fully saturated rings. The van der Waals surface area contributed by atoms with E-state index in [1.807, 2.05) is 37.3 Å². The van der Waals surface area contributed by atoms with Crippen LogP contribution in [-0.4, -0.2) is 25.0 Å². The van der Waals surface area contributed by atoms with Gasteiger partial charge in [0, 0.05) is 17.1 Å². The number of anilines is 2. The van der Waals surface area contributed by atoms with E-state index in [0.717, 1.165) is 30.9 Å². The van der Waals surface area contributed by atoms with Crippen LogP contribution in [0, 0.1) is 23.2 Å². The van der Waals surface area contributed by atoms with Gasteiger partial charge in [-0.15, -0.1) is 5.10 Å². The molecule has 0 aliphatic heterocycles. The summed E-state index contributed by atoms with van der Waals surface area (Å²) in [4.78, 5) is 7.81. The number of rotatable bonds is 9. The van der Waals surface area contributed by atoms with Crippen molar-refractivity contribution in [2.24, 2.45) is 5.84 Å². The number of nitriles is 1. The van der Waals surface area contributed by atoms with Gasteiger partial charge in [-0.05, 0) is 49.1 Å². The second-order valence-electron chi connectivity index (χ2n) is 10.2.